The van der Waals surface area contributed by atoms with Gasteiger partial charge in [-0.1, -0.05) is 12.1 Å². The molecule has 0 aliphatic carbocycles. The number of hydrogen-bond acceptors (Lipinski definition) is 8. The van der Waals surface area contributed by atoms with Crippen LogP contribution in [0.5, 0.6) is 17.2 Å². The van der Waals surface area contributed by atoms with Crippen LogP contribution in [0.15, 0.2) is 47.6 Å². The number of rotatable bonds is 9. The van der Waals surface area contributed by atoms with Gasteiger partial charge in [0, 0.05) is 11.1 Å². The van der Waals surface area contributed by atoms with Crippen molar-refractivity contribution in [2.75, 3.05) is 21.3 Å². The molecule has 1 amide bonds. The zero-order valence-electron chi connectivity index (χ0n) is 18.6. The van der Waals surface area contributed by atoms with Gasteiger partial charge in [-0.3, -0.25) is 4.79 Å². The molecular weight excluding hydrogens is 430 g/mol. The summed E-state index contributed by atoms with van der Waals surface area (Å²) in [5, 5.41) is 18.8. The van der Waals surface area contributed by atoms with E-state index in [-0.39, 0.29) is 5.82 Å². The van der Waals surface area contributed by atoms with Crippen LogP contribution in [0.1, 0.15) is 27.2 Å². The van der Waals surface area contributed by atoms with Crippen molar-refractivity contribution in [3.8, 4) is 17.2 Å². The van der Waals surface area contributed by atoms with E-state index in [2.05, 4.69) is 15.6 Å². The summed E-state index contributed by atoms with van der Waals surface area (Å²) < 4.78 is 17.5. The molecular formula is C22H23N5O6. The number of carbonyl (C=O) groups is 1. The van der Waals surface area contributed by atoms with Gasteiger partial charge in [0.1, 0.15) is 0 Å². The topological polar surface area (TPSA) is 130 Å². The first-order valence-corrected chi connectivity index (χ1v) is 9.78. The third-order valence-electron chi connectivity index (χ3n) is 4.81. The molecule has 0 unspecified atom stereocenters. The Hall–Kier alpha value is -4.41. The Morgan fingerprint density at radius 2 is 1.82 bits per heavy atom. The van der Waals surface area contributed by atoms with E-state index in [1.165, 1.54) is 38.3 Å². The van der Waals surface area contributed by atoms with Crippen LogP contribution in [0.4, 0.5) is 5.82 Å². The third-order valence-corrected chi connectivity index (χ3v) is 4.81. The minimum atomic E-state index is -0.533. The number of methoxy groups -OCH3 is 3. The SMILES string of the molecule is COc1ccc(/C=N/NC(=O)c2ccc(Cn3nc([N+](=O)[O-])cc3C)cc2)c(OC)c1OC. The second-order valence-electron chi connectivity index (χ2n) is 6.88. The molecule has 0 bridgehead atoms. The first-order valence-electron chi connectivity index (χ1n) is 9.78. The first-order chi connectivity index (χ1) is 15.9. The fourth-order valence-electron chi connectivity index (χ4n) is 3.13. The molecule has 0 aliphatic rings. The number of benzene rings is 2. The number of nitrogens with one attached hydrogen (secondary N) is 1. The van der Waals surface area contributed by atoms with E-state index in [1.54, 1.807) is 43.3 Å². The predicted octanol–water partition coefficient (Wildman–Crippen LogP) is 2.94. The van der Waals surface area contributed by atoms with Crippen molar-refractivity contribution in [1.82, 2.24) is 15.2 Å². The first kappa shape index (κ1) is 23.3. The van der Waals surface area contributed by atoms with Crippen LogP contribution >= 0.6 is 0 Å². The van der Waals surface area contributed by atoms with Gasteiger partial charge >= 0.3 is 5.82 Å². The Morgan fingerprint density at radius 3 is 2.39 bits per heavy atom. The van der Waals surface area contributed by atoms with E-state index in [0.29, 0.717) is 40.6 Å². The molecule has 3 rings (SSSR count). The summed E-state index contributed by atoms with van der Waals surface area (Å²) in [6.07, 6.45) is 1.44. The van der Waals surface area contributed by atoms with E-state index in [9.17, 15) is 14.9 Å². The third kappa shape index (κ3) is 5.26. The zero-order valence-corrected chi connectivity index (χ0v) is 18.6. The fraction of sp³-hybridized carbons (Fsp3) is 0.227. The maximum absolute atomic E-state index is 12.4. The molecule has 0 fully saturated rings. The standard InChI is InChI=1S/C22H23N5O6/c1-14-11-19(27(29)30)25-26(14)13-15-5-7-16(8-6-15)22(28)24-23-12-17-9-10-18(31-2)21(33-4)20(17)32-3/h5-12H,13H2,1-4H3,(H,24,28)/b23-12+. The summed E-state index contributed by atoms with van der Waals surface area (Å²) in [6, 6.07) is 11.6. The Kier molecular flexibility index (Phi) is 7.24. The molecule has 33 heavy (non-hydrogen) atoms. The molecule has 2 aromatic carbocycles. The Bertz CT molecular complexity index is 1190. The van der Waals surface area contributed by atoms with Crippen LogP contribution in [-0.4, -0.2) is 48.2 Å². The summed E-state index contributed by atoms with van der Waals surface area (Å²) in [6.45, 7) is 2.09. The molecule has 11 nitrogen and oxygen atoms in total. The molecule has 172 valence electrons. The minimum absolute atomic E-state index is 0.201. The van der Waals surface area contributed by atoms with E-state index in [4.69, 9.17) is 14.2 Å². The second kappa shape index (κ2) is 10.3. The van der Waals surface area contributed by atoms with Gasteiger partial charge in [0.15, 0.2) is 11.5 Å². The summed E-state index contributed by atoms with van der Waals surface area (Å²) in [7, 11) is 4.52. The lowest BCUT2D eigenvalue weighted by molar-refractivity contribution is -0.389. The second-order valence-corrected chi connectivity index (χ2v) is 6.88. The lowest BCUT2D eigenvalue weighted by Gasteiger charge is -2.13. The number of nitro groups is 1. The monoisotopic (exact) mass is 453 g/mol. The van der Waals surface area contributed by atoms with E-state index in [0.717, 1.165) is 5.56 Å². The number of hydrogen-bond donors (Lipinski definition) is 1. The molecule has 1 aromatic heterocycles. The van der Waals surface area contributed by atoms with Crippen LogP contribution in [-0.2, 0) is 6.54 Å². The lowest BCUT2D eigenvalue weighted by atomic mass is 10.1. The number of aryl methyl sites for hydroxylation is 1. The number of ether oxygens (including phenoxy) is 3. The van der Waals surface area contributed by atoms with Gasteiger partial charge in [-0.15, -0.1) is 0 Å². The summed E-state index contributed by atoms with van der Waals surface area (Å²) >= 11 is 0. The average Bonchev–Trinajstić information content (AvgIpc) is 3.19. The highest BCUT2D eigenvalue weighted by atomic mass is 16.6. The smallest absolute Gasteiger partial charge is 0.390 e. The highest BCUT2D eigenvalue weighted by molar-refractivity contribution is 5.95. The van der Waals surface area contributed by atoms with Gasteiger partial charge in [-0.05, 0) is 41.7 Å². The molecule has 0 saturated heterocycles. The predicted molar refractivity (Wildman–Crippen MR) is 120 cm³/mol. The molecule has 0 radical (unpaired) electrons. The maximum atomic E-state index is 12.4. The molecule has 1 heterocycles. The number of nitrogens with zero attached hydrogens (tertiary/aromatic N) is 4. The van der Waals surface area contributed by atoms with Crippen molar-refractivity contribution in [3.05, 3.63) is 75.0 Å². The van der Waals surface area contributed by atoms with Crippen LogP contribution in [0.2, 0.25) is 0 Å². The van der Waals surface area contributed by atoms with Gasteiger partial charge in [0.2, 0.25) is 5.75 Å². The number of hydrazone groups is 1. The molecule has 0 saturated carbocycles. The normalized spacial score (nSPS) is 10.8. The molecule has 0 aliphatic heterocycles. The van der Waals surface area contributed by atoms with Crippen molar-refractivity contribution < 1.29 is 23.9 Å². The number of amides is 1. The highest BCUT2D eigenvalue weighted by Gasteiger charge is 2.16. The van der Waals surface area contributed by atoms with Crippen molar-refractivity contribution in [2.24, 2.45) is 5.10 Å². The summed E-state index contributed by atoms with van der Waals surface area (Å²) in [4.78, 5) is 22.8. The Balaban J connectivity index is 1.67. The average molecular weight is 453 g/mol. The van der Waals surface area contributed by atoms with Crippen molar-refractivity contribution in [1.29, 1.82) is 0 Å². The van der Waals surface area contributed by atoms with Crippen LogP contribution in [0, 0.1) is 17.0 Å². The highest BCUT2D eigenvalue weighted by Crippen LogP contribution is 2.38. The minimum Gasteiger partial charge on any atom is -0.493 e. The Labute approximate surface area is 189 Å². The van der Waals surface area contributed by atoms with E-state index < -0.39 is 10.8 Å². The largest absolute Gasteiger partial charge is 0.493 e. The van der Waals surface area contributed by atoms with Gasteiger partial charge in [0.05, 0.1) is 50.9 Å². The number of aromatic nitrogens is 2. The molecule has 11 heteroatoms. The van der Waals surface area contributed by atoms with Crippen LogP contribution in [0.25, 0.3) is 0 Å². The van der Waals surface area contributed by atoms with E-state index in [1.807, 2.05) is 0 Å². The molecule has 1 N–H and O–H groups in total. The number of carbonyl (C=O) groups excluding carboxylic acids is 1. The quantitative estimate of drug-likeness (QED) is 0.299. The maximum Gasteiger partial charge on any atom is 0.390 e. The molecule has 0 atom stereocenters. The summed E-state index contributed by atoms with van der Waals surface area (Å²) in [5.41, 5.74) is 4.97. The van der Waals surface area contributed by atoms with Crippen molar-refractivity contribution in [3.63, 3.8) is 0 Å². The fourth-order valence-corrected chi connectivity index (χ4v) is 3.13. The summed E-state index contributed by atoms with van der Waals surface area (Å²) in [5.74, 6) is 0.753. The van der Waals surface area contributed by atoms with Gasteiger partial charge in [-0.2, -0.15) is 9.78 Å². The van der Waals surface area contributed by atoms with Gasteiger partial charge < -0.3 is 24.3 Å². The van der Waals surface area contributed by atoms with Crippen LogP contribution < -0.4 is 19.6 Å². The van der Waals surface area contributed by atoms with E-state index >= 15 is 0 Å². The Morgan fingerprint density at radius 1 is 1.12 bits per heavy atom. The molecule has 0 spiro atoms. The van der Waals surface area contributed by atoms with Crippen molar-refractivity contribution >= 4 is 17.9 Å². The van der Waals surface area contributed by atoms with Crippen molar-refractivity contribution in [2.45, 2.75) is 13.5 Å². The van der Waals surface area contributed by atoms with Crippen LogP contribution in [0.3, 0.4) is 0 Å². The zero-order chi connectivity index (χ0) is 24.0. The van der Waals surface area contributed by atoms with Gasteiger partial charge in [0.25, 0.3) is 5.91 Å². The molecule has 3 aromatic rings. The lowest BCUT2D eigenvalue weighted by Crippen LogP contribution is -2.17. The van der Waals surface area contributed by atoms with Gasteiger partial charge in [-0.25, -0.2) is 5.43 Å².